The molecule has 2 aliphatic rings. The molecule has 9 heteroatoms. The van der Waals surface area contributed by atoms with Gasteiger partial charge < -0.3 is 5.73 Å². The summed E-state index contributed by atoms with van der Waals surface area (Å²) >= 11 is 7.54. The molecule has 0 saturated carbocycles. The smallest absolute Gasteiger partial charge is 0.294 e. The van der Waals surface area contributed by atoms with Gasteiger partial charge in [-0.2, -0.15) is 5.26 Å². The number of ketones is 1. The van der Waals surface area contributed by atoms with Gasteiger partial charge in [0.05, 0.1) is 22.5 Å². The van der Waals surface area contributed by atoms with E-state index >= 15 is 0 Å². The van der Waals surface area contributed by atoms with E-state index < -0.39 is 10.8 Å². The van der Waals surface area contributed by atoms with Gasteiger partial charge in [-0.3, -0.25) is 19.8 Å². The summed E-state index contributed by atoms with van der Waals surface area (Å²) in [6, 6.07) is 10.4. The molecule has 0 bridgehead atoms. The van der Waals surface area contributed by atoms with Gasteiger partial charge in [-0.15, -0.1) is 11.3 Å². The Balaban J connectivity index is 1.99. The van der Waals surface area contributed by atoms with Gasteiger partial charge in [-0.1, -0.05) is 18.5 Å². The minimum atomic E-state index is -0.555. The van der Waals surface area contributed by atoms with Crippen molar-refractivity contribution in [3.63, 3.8) is 0 Å². The van der Waals surface area contributed by atoms with E-state index in [0.29, 0.717) is 30.5 Å². The van der Waals surface area contributed by atoms with Crippen LogP contribution in [-0.2, 0) is 11.2 Å². The number of nitro benzene ring substituents is 1. The minimum Gasteiger partial charge on any atom is -0.384 e. The maximum atomic E-state index is 13.1. The predicted molar refractivity (Wildman–Crippen MR) is 120 cm³/mol. The van der Waals surface area contributed by atoms with Crippen molar-refractivity contribution in [1.29, 1.82) is 5.26 Å². The molecule has 0 saturated heterocycles. The number of rotatable bonds is 4. The third kappa shape index (κ3) is 3.50. The third-order valence-electron chi connectivity index (χ3n) is 5.60. The highest BCUT2D eigenvalue weighted by Crippen LogP contribution is 2.49. The lowest BCUT2D eigenvalue weighted by Gasteiger charge is -2.39. The summed E-state index contributed by atoms with van der Waals surface area (Å²) in [6.07, 6.45) is 2.36. The van der Waals surface area contributed by atoms with Gasteiger partial charge >= 0.3 is 0 Å². The molecule has 31 heavy (non-hydrogen) atoms. The highest BCUT2D eigenvalue weighted by molar-refractivity contribution is 7.12. The Labute approximate surface area is 188 Å². The first kappa shape index (κ1) is 21.1. The first-order valence-corrected chi connectivity index (χ1v) is 11.1. The van der Waals surface area contributed by atoms with Gasteiger partial charge in [-0.25, -0.2) is 0 Å². The Hall–Kier alpha value is -3.15. The quantitative estimate of drug-likeness (QED) is 0.503. The van der Waals surface area contributed by atoms with E-state index in [1.165, 1.54) is 23.1 Å². The van der Waals surface area contributed by atoms with Crippen molar-refractivity contribution >= 4 is 40.1 Å². The van der Waals surface area contributed by atoms with E-state index in [9.17, 15) is 20.2 Å². The average molecular weight is 455 g/mol. The van der Waals surface area contributed by atoms with E-state index in [4.69, 9.17) is 17.3 Å². The molecule has 4 rings (SSSR count). The number of hydrogen-bond donors (Lipinski definition) is 1. The normalized spacial score (nSPS) is 18.8. The van der Waals surface area contributed by atoms with Gasteiger partial charge in [0.25, 0.3) is 5.69 Å². The van der Waals surface area contributed by atoms with Crippen molar-refractivity contribution in [1.82, 2.24) is 0 Å². The second-order valence-electron chi connectivity index (χ2n) is 7.36. The minimum absolute atomic E-state index is 0.0560. The van der Waals surface area contributed by atoms with Crippen molar-refractivity contribution in [2.75, 3.05) is 4.90 Å². The molecule has 1 aliphatic heterocycles. The molecule has 1 aromatic carbocycles. The van der Waals surface area contributed by atoms with Crippen LogP contribution in [0.4, 0.5) is 11.4 Å². The number of carbonyl (C=O) groups excluding carboxylic acids is 1. The number of nitro groups is 1. The lowest BCUT2D eigenvalue weighted by molar-refractivity contribution is -0.384. The van der Waals surface area contributed by atoms with Gasteiger partial charge in [0.15, 0.2) is 5.78 Å². The Morgan fingerprint density at radius 2 is 2.13 bits per heavy atom. The lowest BCUT2D eigenvalue weighted by atomic mass is 9.78. The summed E-state index contributed by atoms with van der Waals surface area (Å²) in [5.74, 6) is -0.502. The van der Waals surface area contributed by atoms with Crippen LogP contribution in [0.1, 0.15) is 41.9 Å². The van der Waals surface area contributed by atoms with Crippen LogP contribution in [0.5, 0.6) is 0 Å². The number of nitrogens with zero attached hydrogens (tertiary/aromatic N) is 3. The molecule has 2 heterocycles. The zero-order valence-corrected chi connectivity index (χ0v) is 18.3. The summed E-state index contributed by atoms with van der Waals surface area (Å²) in [4.78, 5) is 27.8. The van der Waals surface area contributed by atoms with Gasteiger partial charge in [0.2, 0.25) is 0 Å². The molecule has 1 aliphatic carbocycles. The lowest BCUT2D eigenvalue weighted by Crippen LogP contribution is -2.38. The molecule has 0 radical (unpaired) electrons. The number of nitrogens with two attached hydrogens (primary N) is 1. The molecule has 158 valence electrons. The summed E-state index contributed by atoms with van der Waals surface area (Å²) in [7, 11) is 0. The van der Waals surface area contributed by atoms with E-state index in [2.05, 4.69) is 6.07 Å². The number of benzene rings is 1. The molecule has 0 spiro atoms. The SMILES string of the molecule is CCc1ccc(C2C(C#N)=C(N)N(c3ccc(Cl)cc3[N+](=O)[O-])C3=C2C(=O)CCC3)s1. The van der Waals surface area contributed by atoms with Crippen molar-refractivity contribution in [2.24, 2.45) is 5.73 Å². The third-order valence-corrected chi connectivity index (χ3v) is 7.13. The molecular formula is C22H19ClN4O3S. The van der Waals surface area contributed by atoms with Crippen molar-refractivity contribution in [3.05, 3.63) is 77.9 Å². The van der Waals surface area contributed by atoms with Gasteiger partial charge in [0.1, 0.15) is 11.5 Å². The number of halogens is 1. The molecule has 0 amide bonds. The molecule has 2 N–H and O–H groups in total. The van der Waals surface area contributed by atoms with Crippen LogP contribution in [0.2, 0.25) is 5.02 Å². The zero-order valence-electron chi connectivity index (χ0n) is 16.7. The summed E-state index contributed by atoms with van der Waals surface area (Å²) < 4.78 is 0. The predicted octanol–water partition coefficient (Wildman–Crippen LogP) is 5.18. The number of aryl methyl sites for hydroxylation is 1. The molecule has 0 fully saturated rings. The standard InChI is InChI=1S/C22H19ClN4O3S/c1-2-13-7-9-19(31-13)20-14(11-24)22(25)26(16-4-3-5-18(28)21(16)20)15-8-6-12(23)10-17(15)27(29)30/h6-10,20H,2-5,25H2,1H3. The second-order valence-corrected chi connectivity index (χ2v) is 9.00. The highest BCUT2D eigenvalue weighted by Gasteiger charge is 2.42. The molecule has 7 nitrogen and oxygen atoms in total. The van der Waals surface area contributed by atoms with Crippen LogP contribution >= 0.6 is 22.9 Å². The Morgan fingerprint density at radius 3 is 2.77 bits per heavy atom. The Kier molecular flexibility index (Phi) is 5.56. The topological polar surface area (TPSA) is 113 Å². The molecular weight excluding hydrogens is 436 g/mol. The first-order valence-electron chi connectivity index (χ1n) is 9.86. The first-order chi connectivity index (χ1) is 14.9. The average Bonchev–Trinajstić information content (AvgIpc) is 3.22. The van der Waals surface area contributed by atoms with Crippen molar-refractivity contribution in [3.8, 4) is 6.07 Å². The Morgan fingerprint density at radius 1 is 1.35 bits per heavy atom. The van der Waals surface area contributed by atoms with Crippen molar-refractivity contribution in [2.45, 2.75) is 38.5 Å². The fourth-order valence-electron chi connectivity index (χ4n) is 4.22. The molecule has 1 unspecified atom stereocenters. The highest BCUT2D eigenvalue weighted by atomic mass is 35.5. The number of thiophene rings is 1. The fraction of sp³-hybridized carbons (Fsp3) is 0.273. The molecule has 2 aromatic rings. The van der Waals surface area contributed by atoms with E-state index in [0.717, 1.165) is 16.2 Å². The van der Waals surface area contributed by atoms with Crippen LogP contribution in [0.25, 0.3) is 0 Å². The Bertz CT molecular complexity index is 1210. The van der Waals surface area contributed by atoms with E-state index in [1.54, 1.807) is 11.3 Å². The van der Waals surface area contributed by atoms with Crippen molar-refractivity contribution < 1.29 is 9.72 Å². The number of anilines is 1. The monoisotopic (exact) mass is 454 g/mol. The van der Waals surface area contributed by atoms with Crippen LogP contribution in [-0.4, -0.2) is 10.7 Å². The van der Waals surface area contributed by atoms with E-state index in [-0.39, 0.29) is 33.6 Å². The zero-order chi connectivity index (χ0) is 22.3. The largest absolute Gasteiger partial charge is 0.384 e. The maximum Gasteiger partial charge on any atom is 0.294 e. The molecule has 1 atom stereocenters. The van der Waals surface area contributed by atoms with Crippen LogP contribution in [0.15, 0.2) is 53.0 Å². The van der Waals surface area contributed by atoms with Gasteiger partial charge in [-0.05, 0) is 43.5 Å². The fourth-order valence-corrected chi connectivity index (χ4v) is 5.46. The van der Waals surface area contributed by atoms with Crippen LogP contribution in [0.3, 0.4) is 0 Å². The van der Waals surface area contributed by atoms with E-state index in [1.807, 2.05) is 19.1 Å². The number of hydrogen-bond acceptors (Lipinski definition) is 7. The second kappa shape index (κ2) is 8.17. The number of allylic oxidation sites excluding steroid dienone is 3. The van der Waals surface area contributed by atoms with Crippen LogP contribution in [0, 0.1) is 21.4 Å². The van der Waals surface area contributed by atoms with Gasteiger partial charge in [0, 0.05) is 38.5 Å². The summed E-state index contributed by atoms with van der Waals surface area (Å²) in [5.41, 5.74) is 7.79. The number of Topliss-reactive ketones (excluding diaryl/α,β-unsaturated/α-hetero) is 1. The number of carbonyl (C=O) groups is 1. The maximum absolute atomic E-state index is 13.1. The summed E-state index contributed by atoms with van der Waals surface area (Å²) in [6.45, 7) is 2.05. The number of nitriles is 1. The summed E-state index contributed by atoms with van der Waals surface area (Å²) in [5, 5.41) is 22.0. The van der Waals surface area contributed by atoms with Crippen LogP contribution < -0.4 is 10.6 Å². The molecule has 1 aromatic heterocycles.